The molecule has 2 atom stereocenters. The zero-order valence-corrected chi connectivity index (χ0v) is 24.0. The van der Waals surface area contributed by atoms with Crippen molar-refractivity contribution in [2.75, 3.05) is 36.9 Å². The molecular formula is C31H40N8O2. The highest BCUT2D eigenvalue weighted by atomic mass is 16.1. The van der Waals surface area contributed by atoms with Crippen LogP contribution in [0.3, 0.4) is 0 Å². The van der Waals surface area contributed by atoms with Gasteiger partial charge in [-0.2, -0.15) is 5.10 Å². The van der Waals surface area contributed by atoms with Crippen LogP contribution in [0.4, 0.5) is 17.3 Å². The summed E-state index contributed by atoms with van der Waals surface area (Å²) in [4.78, 5) is 39.2. The lowest BCUT2D eigenvalue weighted by atomic mass is 9.85. The summed E-state index contributed by atoms with van der Waals surface area (Å²) in [5.41, 5.74) is 8.62. The molecule has 2 aliphatic heterocycles. The molecule has 6 rings (SSSR count). The first-order valence-corrected chi connectivity index (χ1v) is 14.9. The van der Waals surface area contributed by atoms with Crippen molar-refractivity contribution in [3.8, 4) is 0 Å². The normalized spacial score (nSPS) is 22.0. The number of carbonyl (C=O) groups is 2. The molecular weight excluding hydrogens is 516 g/mol. The highest BCUT2D eigenvalue weighted by molar-refractivity contribution is 5.97. The second-order valence-electron chi connectivity index (χ2n) is 12.0. The molecule has 1 amide bonds. The van der Waals surface area contributed by atoms with E-state index < -0.39 is 5.91 Å². The number of anilines is 3. The van der Waals surface area contributed by atoms with Gasteiger partial charge in [0.1, 0.15) is 5.82 Å². The number of ketones is 1. The van der Waals surface area contributed by atoms with Crippen LogP contribution in [0.1, 0.15) is 90.2 Å². The van der Waals surface area contributed by atoms with E-state index in [1.54, 1.807) is 12.4 Å². The summed E-state index contributed by atoms with van der Waals surface area (Å²) in [6.45, 7) is 5.04. The maximum absolute atomic E-state index is 13.2. The average Bonchev–Trinajstić information content (AvgIpc) is 3.73. The number of aromatic nitrogens is 4. The number of amides is 1. The molecule has 2 aromatic heterocycles. The maximum Gasteiger partial charge on any atom is 0.271 e. The number of carbonyl (C=O) groups excluding carboxylic acids is 2. The lowest BCUT2D eigenvalue weighted by molar-refractivity contribution is 0.0944. The van der Waals surface area contributed by atoms with Gasteiger partial charge in [-0.05, 0) is 83.0 Å². The fourth-order valence-corrected chi connectivity index (χ4v) is 6.32. The Morgan fingerprint density at radius 3 is 2.49 bits per heavy atom. The quantitative estimate of drug-likeness (QED) is 0.369. The first-order chi connectivity index (χ1) is 19.9. The minimum absolute atomic E-state index is 0.0897. The van der Waals surface area contributed by atoms with Gasteiger partial charge >= 0.3 is 0 Å². The number of benzene rings is 1. The Morgan fingerprint density at radius 1 is 1.02 bits per heavy atom. The lowest BCUT2D eigenvalue weighted by Crippen LogP contribution is -2.44. The van der Waals surface area contributed by atoms with Crippen molar-refractivity contribution in [2.45, 2.75) is 69.9 Å². The first kappa shape index (κ1) is 27.4. The van der Waals surface area contributed by atoms with Crippen LogP contribution in [0.25, 0.3) is 0 Å². The first-order valence-electron chi connectivity index (χ1n) is 14.9. The molecule has 1 aromatic carbocycles. The molecule has 1 saturated carbocycles. The molecule has 0 bridgehead atoms. The van der Waals surface area contributed by atoms with Gasteiger partial charge in [-0.15, -0.1) is 0 Å². The monoisotopic (exact) mass is 556 g/mol. The third-order valence-corrected chi connectivity index (χ3v) is 9.09. The molecule has 3 fully saturated rings. The lowest BCUT2D eigenvalue weighted by Gasteiger charge is -2.40. The number of Topliss-reactive ketones (excluding diaryl/α,β-unsaturated/α-hetero) is 1. The van der Waals surface area contributed by atoms with Gasteiger partial charge < -0.3 is 20.9 Å². The van der Waals surface area contributed by atoms with Crippen molar-refractivity contribution in [2.24, 2.45) is 11.7 Å². The van der Waals surface area contributed by atoms with Gasteiger partial charge in [0.05, 0.1) is 24.1 Å². The summed E-state index contributed by atoms with van der Waals surface area (Å²) in [6.07, 6.45) is 12.3. The summed E-state index contributed by atoms with van der Waals surface area (Å²) in [5.74, 6) is 1.41. The van der Waals surface area contributed by atoms with Crippen molar-refractivity contribution in [1.82, 2.24) is 24.6 Å². The van der Waals surface area contributed by atoms with Crippen LogP contribution < -0.4 is 16.0 Å². The van der Waals surface area contributed by atoms with Crippen LogP contribution in [-0.4, -0.2) is 69.1 Å². The Hall–Kier alpha value is -3.79. The van der Waals surface area contributed by atoms with Crippen molar-refractivity contribution in [3.05, 3.63) is 59.7 Å². The average molecular weight is 557 g/mol. The minimum atomic E-state index is -0.642. The van der Waals surface area contributed by atoms with Crippen LogP contribution in [0.2, 0.25) is 0 Å². The summed E-state index contributed by atoms with van der Waals surface area (Å²) in [7, 11) is 2.14. The molecule has 2 saturated heterocycles. The van der Waals surface area contributed by atoms with E-state index in [1.165, 1.54) is 18.4 Å². The van der Waals surface area contributed by atoms with E-state index in [2.05, 4.69) is 51.3 Å². The Labute approximate surface area is 241 Å². The zero-order chi connectivity index (χ0) is 28.5. The number of rotatable bonds is 9. The van der Waals surface area contributed by atoms with Gasteiger partial charge in [-0.1, -0.05) is 24.3 Å². The van der Waals surface area contributed by atoms with Crippen molar-refractivity contribution >= 4 is 29.0 Å². The zero-order valence-electron chi connectivity index (χ0n) is 24.0. The molecule has 4 heterocycles. The molecule has 3 N–H and O–H groups in total. The number of likely N-dealkylation sites (tertiary alicyclic amines) is 1. The second-order valence-corrected chi connectivity index (χ2v) is 12.0. The van der Waals surface area contributed by atoms with Crippen molar-refractivity contribution in [1.29, 1.82) is 0 Å². The predicted molar refractivity (Wildman–Crippen MR) is 159 cm³/mol. The van der Waals surface area contributed by atoms with Gasteiger partial charge in [0, 0.05) is 30.8 Å². The van der Waals surface area contributed by atoms with E-state index in [9.17, 15) is 9.59 Å². The van der Waals surface area contributed by atoms with E-state index >= 15 is 0 Å². The third kappa shape index (κ3) is 6.12. The van der Waals surface area contributed by atoms with E-state index in [-0.39, 0.29) is 23.4 Å². The highest BCUT2D eigenvalue weighted by Gasteiger charge is 2.32. The summed E-state index contributed by atoms with van der Waals surface area (Å²) < 4.78 is 1.99. The number of nitrogens with zero attached hydrogens (tertiary/aromatic N) is 6. The fourth-order valence-electron chi connectivity index (χ4n) is 6.32. The van der Waals surface area contributed by atoms with Gasteiger partial charge in [-0.25, -0.2) is 9.97 Å². The third-order valence-electron chi connectivity index (χ3n) is 9.09. The maximum atomic E-state index is 13.2. The van der Waals surface area contributed by atoms with Crippen LogP contribution in [-0.2, 0) is 0 Å². The number of nitrogens with two attached hydrogens (primary N) is 1. The molecule has 3 aromatic rings. The molecule has 3 aliphatic rings. The summed E-state index contributed by atoms with van der Waals surface area (Å²) in [6, 6.07) is 8.64. The second kappa shape index (κ2) is 11.6. The largest absolute Gasteiger partial charge is 0.364 e. The number of primary amides is 1. The SMILES string of the molecule is C[C@@H]1[C@H](CC(=O)c2ccc(C3CC3)cc2)CCCN1c1cnc(C(N)=O)c(Nc2cnn(C3CCN(C)CC3)c2)n1. The summed E-state index contributed by atoms with van der Waals surface area (Å²) >= 11 is 0. The molecule has 0 radical (unpaired) electrons. The summed E-state index contributed by atoms with van der Waals surface area (Å²) in [5, 5.41) is 7.82. The number of hydrogen-bond acceptors (Lipinski definition) is 8. The Balaban J connectivity index is 1.16. The molecule has 216 valence electrons. The molecule has 1 aliphatic carbocycles. The van der Waals surface area contributed by atoms with Crippen LogP contribution >= 0.6 is 0 Å². The van der Waals surface area contributed by atoms with Crippen molar-refractivity contribution < 1.29 is 9.59 Å². The smallest absolute Gasteiger partial charge is 0.271 e. The topological polar surface area (TPSA) is 122 Å². The molecule has 41 heavy (non-hydrogen) atoms. The van der Waals surface area contributed by atoms with Crippen molar-refractivity contribution in [3.63, 3.8) is 0 Å². The number of nitrogens with one attached hydrogen (secondary N) is 1. The molecule has 10 heteroatoms. The molecule has 10 nitrogen and oxygen atoms in total. The Kier molecular flexibility index (Phi) is 7.75. The van der Waals surface area contributed by atoms with Crippen LogP contribution in [0.5, 0.6) is 0 Å². The van der Waals surface area contributed by atoms with Gasteiger partial charge in [-0.3, -0.25) is 14.3 Å². The standard InChI is InChI=1S/C31H40N8O2/c1-20-24(16-27(40)23-9-7-22(8-10-23)21-5-6-21)4-3-13-38(20)28-18-33-29(30(32)41)31(36-28)35-25-17-34-39(19-25)26-11-14-37(2)15-12-26/h7-10,17-21,24,26H,3-6,11-16H2,1-2H3,(H2,32,41)(H,35,36)/t20-,24+/m1/s1. The van der Waals surface area contributed by atoms with Crippen LogP contribution in [0.15, 0.2) is 42.9 Å². The fraction of sp³-hybridized carbons (Fsp3) is 0.516. The highest BCUT2D eigenvalue weighted by Crippen LogP contribution is 2.40. The van der Waals surface area contributed by atoms with E-state index in [0.717, 1.165) is 56.6 Å². The molecule has 0 spiro atoms. The van der Waals surface area contributed by atoms with E-state index in [1.807, 2.05) is 23.0 Å². The van der Waals surface area contributed by atoms with Gasteiger partial charge in [0.15, 0.2) is 17.3 Å². The minimum Gasteiger partial charge on any atom is -0.364 e. The predicted octanol–water partition coefficient (Wildman–Crippen LogP) is 4.54. The number of hydrogen-bond donors (Lipinski definition) is 2. The molecule has 0 unspecified atom stereocenters. The van der Waals surface area contributed by atoms with Gasteiger partial charge in [0.25, 0.3) is 5.91 Å². The van der Waals surface area contributed by atoms with Gasteiger partial charge in [0.2, 0.25) is 0 Å². The Bertz CT molecular complexity index is 1390. The Morgan fingerprint density at radius 2 is 1.78 bits per heavy atom. The number of piperidine rings is 2. The van der Waals surface area contributed by atoms with Crippen LogP contribution in [0, 0.1) is 5.92 Å². The van der Waals surface area contributed by atoms with E-state index in [0.29, 0.717) is 30.0 Å². The van der Waals surface area contributed by atoms with E-state index in [4.69, 9.17) is 10.7 Å².